The van der Waals surface area contributed by atoms with Crippen molar-refractivity contribution in [2.45, 2.75) is 12.8 Å². The maximum atomic E-state index is 12.5. The van der Waals surface area contributed by atoms with Crippen molar-refractivity contribution in [1.82, 2.24) is 15.3 Å². The Balaban J connectivity index is 1.41. The first-order valence-corrected chi connectivity index (χ1v) is 9.33. The average molecular weight is 374 g/mol. The lowest BCUT2D eigenvalue weighted by molar-refractivity contribution is 0.0949. The lowest BCUT2D eigenvalue weighted by atomic mass is 10.1. The lowest BCUT2D eigenvalue weighted by Crippen LogP contribution is -2.27. The molecule has 1 aliphatic heterocycles. The van der Waals surface area contributed by atoms with Gasteiger partial charge in [0.15, 0.2) is 0 Å². The fourth-order valence-corrected chi connectivity index (χ4v) is 3.43. The van der Waals surface area contributed by atoms with Crippen LogP contribution < -0.4 is 15.0 Å². The molecular weight excluding hydrogens is 352 g/mol. The van der Waals surface area contributed by atoms with Gasteiger partial charge in [-0.15, -0.1) is 0 Å². The van der Waals surface area contributed by atoms with E-state index in [0.717, 1.165) is 42.2 Å². The summed E-state index contributed by atoms with van der Waals surface area (Å²) in [7, 11) is 1.65. The Morgan fingerprint density at radius 1 is 1.14 bits per heavy atom. The zero-order chi connectivity index (χ0) is 19.3. The van der Waals surface area contributed by atoms with Crippen LogP contribution in [-0.4, -0.2) is 36.1 Å². The van der Waals surface area contributed by atoms with E-state index in [1.807, 2.05) is 36.4 Å². The van der Waals surface area contributed by atoms with Gasteiger partial charge in [0.1, 0.15) is 23.6 Å². The number of methoxy groups -OCH3 is 1. The summed E-state index contributed by atoms with van der Waals surface area (Å²) in [6, 6.07) is 17.9. The van der Waals surface area contributed by atoms with Crippen molar-refractivity contribution in [2.24, 2.45) is 0 Å². The second-order valence-electron chi connectivity index (χ2n) is 6.65. The van der Waals surface area contributed by atoms with E-state index < -0.39 is 0 Å². The Labute approximate surface area is 164 Å². The topological polar surface area (TPSA) is 67.3 Å². The molecule has 1 N–H and O–H groups in total. The quantitative estimate of drug-likeness (QED) is 0.718. The molecule has 0 bridgehead atoms. The number of fused-ring (bicyclic) bond motifs is 1. The molecule has 2 aromatic carbocycles. The van der Waals surface area contributed by atoms with Crippen LogP contribution in [-0.2, 0) is 12.8 Å². The van der Waals surface area contributed by atoms with Gasteiger partial charge in [0.05, 0.1) is 7.11 Å². The standard InChI is InChI=1S/C22H22N4O2/c1-28-18-7-4-5-16(13-18)9-11-23-22(27)19-14-21(25-15-24-19)26-12-10-17-6-2-3-8-20(17)26/h2-8,13-15H,9-12H2,1H3,(H,23,27). The molecule has 0 saturated heterocycles. The monoisotopic (exact) mass is 374 g/mol. The number of nitrogens with one attached hydrogen (secondary N) is 1. The molecule has 0 radical (unpaired) electrons. The van der Waals surface area contributed by atoms with Crippen molar-refractivity contribution in [3.05, 3.63) is 77.7 Å². The van der Waals surface area contributed by atoms with E-state index >= 15 is 0 Å². The number of ether oxygens (including phenoxy) is 1. The van der Waals surface area contributed by atoms with Crippen LogP contribution in [0.1, 0.15) is 21.6 Å². The van der Waals surface area contributed by atoms with Gasteiger partial charge in [-0.2, -0.15) is 0 Å². The van der Waals surface area contributed by atoms with Crippen molar-refractivity contribution >= 4 is 17.4 Å². The molecule has 6 heteroatoms. The maximum Gasteiger partial charge on any atom is 0.270 e. The molecule has 0 fully saturated rings. The predicted molar refractivity (Wildman–Crippen MR) is 108 cm³/mol. The largest absolute Gasteiger partial charge is 0.497 e. The van der Waals surface area contributed by atoms with E-state index in [1.54, 1.807) is 13.2 Å². The van der Waals surface area contributed by atoms with Crippen LogP contribution in [0.25, 0.3) is 0 Å². The van der Waals surface area contributed by atoms with Gasteiger partial charge in [-0.05, 0) is 42.2 Å². The molecular formula is C22H22N4O2. The molecule has 3 aromatic rings. The smallest absolute Gasteiger partial charge is 0.270 e. The normalized spacial score (nSPS) is 12.5. The third kappa shape index (κ3) is 3.81. The molecule has 0 aliphatic carbocycles. The third-order valence-corrected chi connectivity index (χ3v) is 4.88. The minimum absolute atomic E-state index is 0.195. The van der Waals surface area contributed by atoms with Crippen LogP contribution in [0, 0.1) is 0 Å². The summed E-state index contributed by atoms with van der Waals surface area (Å²) in [5.41, 5.74) is 3.92. The number of carbonyl (C=O) groups excluding carboxylic acids is 1. The summed E-state index contributed by atoms with van der Waals surface area (Å²) < 4.78 is 5.23. The van der Waals surface area contributed by atoms with Gasteiger partial charge in [-0.3, -0.25) is 4.79 Å². The summed E-state index contributed by atoms with van der Waals surface area (Å²) >= 11 is 0. The molecule has 0 spiro atoms. The molecule has 28 heavy (non-hydrogen) atoms. The van der Waals surface area contributed by atoms with E-state index in [0.29, 0.717) is 12.2 Å². The molecule has 1 aromatic heterocycles. The number of nitrogens with zero attached hydrogens (tertiary/aromatic N) is 3. The zero-order valence-electron chi connectivity index (χ0n) is 15.8. The van der Waals surface area contributed by atoms with Crippen molar-refractivity contribution in [1.29, 1.82) is 0 Å². The van der Waals surface area contributed by atoms with E-state index in [4.69, 9.17) is 4.74 Å². The molecule has 1 aliphatic rings. The van der Waals surface area contributed by atoms with E-state index in [9.17, 15) is 4.79 Å². The highest BCUT2D eigenvalue weighted by Crippen LogP contribution is 2.32. The van der Waals surface area contributed by atoms with Crippen LogP contribution in [0.5, 0.6) is 5.75 Å². The number of para-hydroxylation sites is 1. The molecule has 142 valence electrons. The predicted octanol–water partition coefficient (Wildman–Crippen LogP) is 3.15. The minimum atomic E-state index is -0.195. The third-order valence-electron chi connectivity index (χ3n) is 4.88. The van der Waals surface area contributed by atoms with Gasteiger partial charge in [-0.25, -0.2) is 9.97 Å². The van der Waals surface area contributed by atoms with Gasteiger partial charge < -0.3 is 15.0 Å². The Kier molecular flexibility index (Phi) is 5.19. The van der Waals surface area contributed by atoms with E-state index in [2.05, 4.69) is 32.3 Å². The summed E-state index contributed by atoms with van der Waals surface area (Å²) in [5.74, 6) is 1.37. The number of benzene rings is 2. The Morgan fingerprint density at radius 2 is 2.04 bits per heavy atom. The first-order chi connectivity index (χ1) is 13.7. The highest BCUT2D eigenvalue weighted by Gasteiger charge is 2.21. The Morgan fingerprint density at radius 3 is 2.93 bits per heavy atom. The highest BCUT2D eigenvalue weighted by atomic mass is 16.5. The maximum absolute atomic E-state index is 12.5. The van der Waals surface area contributed by atoms with Crippen molar-refractivity contribution in [3.63, 3.8) is 0 Å². The SMILES string of the molecule is COc1cccc(CCNC(=O)c2cc(N3CCc4ccccc43)ncn2)c1. The van der Waals surface area contributed by atoms with Crippen LogP contribution in [0.15, 0.2) is 60.9 Å². The van der Waals surface area contributed by atoms with Crippen LogP contribution >= 0.6 is 0 Å². The second-order valence-corrected chi connectivity index (χ2v) is 6.65. The number of hydrogen-bond acceptors (Lipinski definition) is 5. The van der Waals surface area contributed by atoms with Crippen molar-refractivity contribution < 1.29 is 9.53 Å². The number of rotatable bonds is 6. The first-order valence-electron chi connectivity index (χ1n) is 9.33. The fourth-order valence-electron chi connectivity index (χ4n) is 3.43. The van der Waals surface area contributed by atoms with Crippen LogP contribution in [0.3, 0.4) is 0 Å². The number of carbonyl (C=O) groups is 1. The number of anilines is 2. The second kappa shape index (κ2) is 8.08. The molecule has 4 rings (SSSR count). The Hall–Kier alpha value is -3.41. The minimum Gasteiger partial charge on any atom is -0.497 e. The van der Waals surface area contributed by atoms with E-state index in [1.165, 1.54) is 11.9 Å². The molecule has 0 atom stereocenters. The summed E-state index contributed by atoms with van der Waals surface area (Å²) in [5, 5.41) is 2.93. The molecule has 2 heterocycles. The van der Waals surface area contributed by atoms with E-state index in [-0.39, 0.29) is 5.91 Å². The first kappa shape index (κ1) is 18.0. The van der Waals surface area contributed by atoms with Gasteiger partial charge in [0, 0.05) is 24.8 Å². The molecule has 0 saturated carbocycles. The van der Waals surface area contributed by atoms with Gasteiger partial charge in [0.2, 0.25) is 0 Å². The Bertz CT molecular complexity index is 990. The molecule has 1 amide bonds. The summed E-state index contributed by atoms with van der Waals surface area (Å²) in [6.45, 7) is 1.38. The van der Waals surface area contributed by atoms with Gasteiger partial charge in [-0.1, -0.05) is 30.3 Å². The average Bonchev–Trinajstić information content (AvgIpc) is 3.18. The number of hydrogen-bond donors (Lipinski definition) is 1. The molecule has 6 nitrogen and oxygen atoms in total. The fraction of sp³-hybridized carbons (Fsp3) is 0.227. The highest BCUT2D eigenvalue weighted by molar-refractivity contribution is 5.93. The molecule has 0 unspecified atom stereocenters. The number of amides is 1. The van der Waals surface area contributed by atoms with Crippen LogP contribution in [0.4, 0.5) is 11.5 Å². The summed E-state index contributed by atoms with van der Waals surface area (Å²) in [4.78, 5) is 23.2. The van der Waals surface area contributed by atoms with Gasteiger partial charge in [0.25, 0.3) is 5.91 Å². The van der Waals surface area contributed by atoms with Crippen molar-refractivity contribution in [3.8, 4) is 5.75 Å². The van der Waals surface area contributed by atoms with Crippen molar-refractivity contribution in [2.75, 3.05) is 25.1 Å². The zero-order valence-corrected chi connectivity index (χ0v) is 15.8. The number of aromatic nitrogens is 2. The lowest BCUT2D eigenvalue weighted by Gasteiger charge is -2.18. The van der Waals surface area contributed by atoms with Crippen LogP contribution in [0.2, 0.25) is 0 Å². The van der Waals surface area contributed by atoms with Gasteiger partial charge >= 0.3 is 0 Å². The summed E-state index contributed by atoms with van der Waals surface area (Å²) in [6.07, 6.45) is 3.15.